The molecular formula is C22H34N2O8. The highest BCUT2D eigenvalue weighted by Gasteiger charge is 2.48. The summed E-state index contributed by atoms with van der Waals surface area (Å²) in [5, 5.41) is 34.1. The van der Waals surface area contributed by atoms with Crippen LogP contribution in [0.3, 0.4) is 0 Å². The van der Waals surface area contributed by atoms with Crippen LogP contribution in [-0.4, -0.2) is 82.9 Å². The Morgan fingerprint density at radius 1 is 1.09 bits per heavy atom. The molecule has 10 nitrogen and oxygen atoms in total. The maximum Gasteiger partial charge on any atom is 0.308 e. The van der Waals surface area contributed by atoms with Gasteiger partial charge in [0.25, 0.3) is 5.91 Å². The van der Waals surface area contributed by atoms with E-state index in [2.05, 4.69) is 5.32 Å². The van der Waals surface area contributed by atoms with Crippen molar-refractivity contribution in [3.63, 3.8) is 0 Å². The summed E-state index contributed by atoms with van der Waals surface area (Å²) in [5.41, 5.74) is 1.21. The molecule has 2 rings (SSSR count). The van der Waals surface area contributed by atoms with E-state index >= 15 is 0 Å². The second-order valence-corrected chi connectivity index (χ2v) is 8.64. The molecule has 0 spiro atoms. The van der Waals surface area contributed by atoms with Crippen LogP contribution in [0.4, 0.5) is 5.69 Å². The highest BCUT2D eigenvalue weighted by molar-refractivity contribution is 5.81. The van der Waals surface area contributed by atoms with E-state index in [1.807, 2.05) is 13.8 Å². The van der Waals surface area contributed by atoms with Gasteiger partial charge in [-0.15, -0.1) is 0 Å². The van der Waals surface area contributed by atoms with E-state index in [9.17, 15) is 24.9 Å². The second kappa shape index (κ2) is 11.0. The Hall–Kier alpha value is -2.40. The van der Waals surface area contributed by atoms with Crippen molar-refractivity contribution in [3.8, 4) is 5.75 Å². The number of hydrogen-bond donors (Lipinski definition) is 4. The highest BCUT2D eigenvalue weighted by atomic mass is 16.7. The van der Waals surface area contributed by atoms with E-state index in [0.717, 1.165) is 0 Å². The van der Waals surface area contributed by atoms with Crippen molar-refractivity contribution in [1.82, 2.24) is 4.90 Å². The zero-order valence-electron chi connectivity index (χ0n) is 19.3. The van der Waals surface area contributed by atoms with E-state index < -0.39 is 36.6 Å². The largest absolute Gasteiger partial charge is 0.461 e. The number of benzene rings is 1. The molecular weight excluding hydrogens is 420 g/mol. The lowest BCUT2D eigenvalue weighted by Gasteiger charge is -2.40. The second-order valence-electron chi connectivity index (χ2n) is 8.64. The standard InChI is InChI=1S/C22H34N2O8/c1-11(2)21(29)30-10-13-7-8-14(23-12(3)4)15(9-13)31-22-18(27)16(25)17(26)19(32-22)20(28)24(5)6/h7-9,11-12,16-19,22-23,25-27H,10H2,1-6H3/t16-,17-,18+,19-,22+/m0/s1. The van der Waals surface area contributed by atoms with Crippen molar-refractivity contribution in [2.45, 2.75) is 71.0 Å². The van der Waals surface area contributed by atoms with Gasteiger partial charge in [-0.25, -0.2) is 0 Å². The molecule has 1 fully saturated rings. The SMILES string of the molecule is CC(C)Nc1ccc(COC(=O)C(C)C)cc1O[C@@H]1O[C@H](C(=O)N(C)C)[C@@H](O)[C@H](O)[C@H]1O. The zero-order chi connectivity index (χ0) is 24.2. The topological polar surface area (TPSA) is 138 Å². The number of carbonyl (C=O) groups excluding carboxylic acids is 2. The molecule has 32 heavy (non-hydrogen) atoms. The van der Waals surface area contributed by atoms with Gasteiger partial charge in [0.15, 0.2) is 6.10 Å². The number of anilines is 1. The summed E-state index contributed by atoms with van der Waals surface area (Å²) in [6.45, 7) is 7.35. The molecule has 4 N–H and O–H groups in total. The third-order valence-corrected chi connectivity index (χ3v) is 4.84. The predicted octanol–water partition coefficient (Wildman–Crippen LogP) is 0.481. The molecule has 0 bridgehead atoms. The van der Waals surface area contributed by atoms with Crippen molar-refractivity contribution >= 4 is 17.6 Å². The molecule has 10 heteroatoms. The molecule has 1 saturated heterocycles. The fourth-order valence-electron chi connectivity index (χ4n) is 3.03. The molecule has 1 aromatic rings. The normalized spacial score (nSPS) is 25.5. The lowest BCUT2D eigenvalue weighted by molar-refractivity contribution is -0.268. The van der Waals surface area contributed by atoms with E-state index in [4.69, 9.17) is 14.2 Å². The number of nitrogens with zero attached hydrogens (tertiary/aromatic N) is 1. The molecule has 0 unspecified atom stereocenters. The fourth-order valence-corrected chi connectivity index (χ4v) is 3.03. The van der Waals surface area contributed by atoms with Gasteiger partial charge >= 0.3 is 5.97 Å². The van der Waals surface area contributed by atoms with Crippen LogP contribution in [0.25, 0.3) is 0 Å². The molecule has 180 valence electrons. The Morgan fingerprint density at radius 3 is 2.31 bits per heavy atom. The summed E-state index contributed by atoms with van der Waals surface area (Å²) in [5.74, 6) is -0.921. The van der Waals surface area contributed by atoms with Gasteiger partial charge in [0.05, 0.1) is 11.6 Å². The summed E-state index contributed by atoms with van der Waals surface area (Å²) in [6.07, 6.45) is -7.71. The van der Waals surface area contributed by atoms with Gasteiger partial charge in [-0.3, -0.25) is 9.59 Å². The van der Waals surface area contributed by atoms with Gasteiger partial charge in [0, 0.05) is 20.1 Å². The van der Waals surface area contributed by atoms with E-state index in [1.165, 1.54) is 19.0 Å². The van der Waals surface area contributed by atoms with E-state index in [1.54, 1.807) is 32.0 Å². The number of rotatable bonds is 8. The minimum Gasteiger partial charge on any atom is -0.461 e. The third kappa shape index (κ3) is 6.32. The lowest BCUT2D eigenvalue weighted by atomic mass is 9.98. The van der Waals surface area contributed by atoms with E-state index in [0.29, 0.717) is 11.3 Å². The first-order valence-corrected chi connectivity index (χ1v) is 10.6. The van der Waals surface area contributed by atoms with E-state index in [-0.39, 0.29) is 30.3 Å². The molecule has 0 saturated carbocycles. The first-order valence-electron chi connectivity index (χ1n) is 10.6. The van der Waals surface area contributed by atoms with Crippen LogP contribution in [0.15, 0.2) is 18.2 Å². The molecule has 1 aliphatic heterocycles. The number of ether oxygens (including phenoxy) is 3. The summed E-state index contributed by atoms with van der Waals surface area (Å²) in [7, 11) is 2.97. The van der Waals surface area contributed by atoms with Crippen LogP contribution >= 0.6 is 0 Å². The Bertz CT molecular complexity index is 798. The lowest BCUT2D eigenvalue weighted by Crippen LogP contribution is -2.62. The molecule has 5 atom stereocenters. The summed E-state index contributed by atoms with van der Waals surface area (Å²) in [6, 6.07) is 5.17. The third-order valence-electron chi connectivity index (χ3n) is 4.84. The molecule has 0 radical (unpaired) electrons. The molecule has 0 aromatic heterocycles. The van der Waals surface area contributed by atoms with Gasteiger partial charge in [0.1, 0.15) is 30.7 Å². The van der Waals surface area contributed by atoms with Crippen molar-refractivity contribution in [1.29, 1.82) is 0 Å². The maximum atomic E-state index is 12.4. The Labute approximate surface area is 188 Å². The molecule has 1 aliphatic rings. The first kappa shape index (κ1) is 25.9. The van der Waals surface area contributed by atoms with Crippen LogP contribution in [0, 0.1) is 5.92 Å². The van der Waals surface area contributed by atoms with Crippen molar-refractivity contribution in [2.75, 3.05) is 19.4 Å². The number of aliphatic hydroxyl groups is 3. The monoisotopic (exact) mass is 454 g/mol. The van der Waals surface area contributed by atoms with Crippen LogP contribution in [0.2, 0.25) is 0 Å². The van der Waals surface area contributed by atoms with Crippen LogP contribution < -0.4 is 10.1 Å². The molecule has 1 amide bonds. The van der Waals surface area contributed by atoms with Crippen LogP contribution in [-0.2, 0) is 25.7 Å². The number of hydrogen-bond acceptors (Lipinski definition) is 9. The quantitative estimate of drug-likeness (QED) is 0.413. The van der Waals surface area contributed by atoms with Gasteiger partial charge in [-0.05, 0) is 31.5 Å². The smallest absolute Gasteiger partial charge is 0.308 e. The minimum atomic E-state index is -1.65. The maximum absolute atomic E-state index is 12.4. The number of esters is 1. The van der Waals surface area contributed by atoms with Crippen LogP contribution in [0.5, 0.6) is 5.75 Å². The van der Waals surface area contributed by atoms with Crippen LogP contribution in [0.1, 0.15) is 33.3 Å². The predicted molar refractivity (Wildman–Crippen MR) is 116 cm³/mol. The fraction of sp³-hybridized carbons (Fsp3) is 0.636. The van der Waals surface area contributed by atoms with Gasteiger partial charge in [-0.1, -0.05) is 19.9 Å². The van der Waals surface area contributed by atoms with Crippen molar-refractivity contribution in [2.24, 2.45) is 5.92 Å². The van der Waals surface area contributed by atoms with Gasteiger partial charge in [0.2, 0.25) is 6.29 Å². The molecule has 0 aliphatic carbocycles. The van der Waals surface area contributed by atoms with Crippen molar-refractivity contribution in [3.05, 3.63) is 23.8 Å². The number of likely N-dealkylation sites (N-methyl/N-ethyl adjacent to an activating group) is 1. The van der Waals surface area contributed by atoms with Gasteiger partial charge < -0.3 is 39.7 Å². The average Bonchev–Trinajstić information content (AvgIpc) is 2.72. The zero-order valence-corrected chi connectivity index (χ0v) is 19.3. The summed E-state index contributed by atoms with van der Waals surface area (Å²) >= 11 is 0. The molecule has 1 aromatic carbocycles. The first-order chi connectivity index (χ1) is 14.9. The molecule has 1 heterocycles. The number of amides is 1. The highest BCUT2D eigenvalue weighted by Crippen LogP contribution is 2.31. The Kier molecular flexibility index (Phi) is 8.85. The van der Waals surface area contributed by atoms with Crippen molar-refractivity contribution < 1.29 is 39.1 Å². The average molecular weight is 455 g/mol. The summed E-state index contributed by atoms with van der Waals surface area (Å²) in [4.78, 5) is 25.4. The Morgan fingerprint density at radius 2 is 1.75 bits per heavy atom. The summed E-state index contributed by atoms with van der Waals surface area (Å²) < 4.78 is 16.7. The Balaban J connectivity index is 2.29. The number of aliphatic hydroxyl groups excluding tert-OH is 3. The van der Waals surface area contributed by atoms with Gasteiger partial charge in [-0.2, -0.15) is 0 Å². The minimum absolute atomic E-state index is 0.0203. The number of carbonyl (C=O) groups is 2. The number of nitrogens with one attached hydrogen (secondary N) is 1.